The van der Waals surface area contributed by atoms with E-state index in [1.54, 1.807) is 30.7 Å². The van der Waals surface area contributed by atoms with Gasteiger partial charge in [0.1, 0.15) is 16.3 Å². The number of aromatic nitrogens is 2. The normalized spacial score (nSPS) is 15.7. The van der Waals surface area contributed by atoms with E-state index in [2.05, 4.69) is 14.9 Å². The van der Waals surface area contributed by atoms with Crippen LogP contribution in [-0.2, 0) is 20.8 Å². The molecule has 0 spiro atoms. The highest BCUT2D eigenvalue weighted by Gasteiger charge is 2.25. The Morgan fingerprint density at radius 3 is 2.94 bits per heavy atom. The minimum Gasteiger partial charge on any atom is -0.464 e. The summed E-state index contributed by atoms with van der Waals surface area (Å²) in [5, 5.41) is 5.90. The zero-order valence-electron chi connectivity index (χ0n) is 18.9. The van der Waals surface area contributed by atoms with Crippen LogP contribution in [0.15, 0.2) is 33.3 Å². The van der Waals surface area contributed by atoms with E-state index in [4.69, 9.17) is 13.9 Å². The number of nitrogens with zero attached hydrogens (tertiary/aromatic N) is 2. The number of thioether (sulfide) groups is 1. The van der Waals surface area contributed by atoms with Gasteiger partial charge in [-0.15, -0.1) is 11.3 Å². The van der Waals surface area contributed by atoms with Gasteiger partial charge in [-0.2, -0.15) is 0 Å². The molecular weight excluding hydrogens is 462 g/mol. The van der Waals surface area contributed by atoms with Gasteiger partial charge in [0.15, 0.2) is 5.16 Å². The Kier molecular flexibility index (Phi) is 7.56. The number of hydrogen-bond acceptors (Lipinski definition) is 8. The van der Waals surface area contributed by atoms with Crippen LogP contribution >= 0.6 is 23.1 Å². The monoisotopic (exact) mass is 489 g/mol. The SMILES string of the molecule is CCOC(=O)c1c(-c2ccco2)csc1NC(=O)CSc1nc(C)c(C)n1C[C@@H]1CCCO1. The molecule has 1 aliphatic heterocycles. The minimum atomic E-state index is -0.494. The third-order valence-electron chi connectivity index (χ3n) is 5.48. The van der Waals surface area contributed by atoms with Gasteiger partial charge in [-0.1, -0.05) is 11.8 Å². The van der Waals surface area contributed by atoms with E-state index in [0.717, 1.165) is 42.5 Å². The minimum absolute atomic E-state index is 0.164. The number of furan rings is 1. The molecule has 1 N–H and O–H groups in total. The number of amides is 1. The van der Waals surface area contributed by atoms with E-state index >= 15 is 0 Å². The fourth-order valence-corrected chi connectivity index (χ4v) is 5.56. The van der Waals surface area contributed by atoms with Crippen molar-refractivity contribution >= 4 is 40.0 Å². The Hall–Kier alpha value is -2.56. The van der Waals surface area contributed by atoms with Crippen molar-refractivity contribution < 1.29 is 23.5 Å². The summed E-state index contributed by atoms with van der Waals surface area (Å²) in [6, 6.07) is 3.52. The Morgan fingerprint density at radius 1 is 1.39 bits per heavy atom. The van der Waals surface area contributed by atoms with Crippen molar-refractivity contribution in [3.63, 3.8) is 0 Å². The molecule has 0 bridgehead atoms. The van der Waals surface area contributed by atoms with Gasteiger partial charge in [0.2, 0.25) is 5.91 Å². The molecule has 10 heteroatoms. The fraction of sp³-hybridized carbons (Fsp3) is 0.435. The molecule has 1 saturated heterocycles. The maximum absolute atomic E-state index is 12.8. The summed E-state index contributed by atoms with van der Waals surface area (Å²) in [4.78, 5) is 30.1. The zero-order chi connectivity index (χ0) is 23.4. The Morgan fingerprint density at radius 2 is 2.24 bits per heavy atom. The largest absolute Gasteiger partial charge is 0.464 e. The Labute approximate surface area is 200 Å². The molecular formula is C23H27N3O5S2. The van der Waals surface area contributed by atoms with E-state index in [1.165, 1.54) is 23.1 Å². The van der Waals surface area contributed by atoms with Gasteiger partial charge in [-0.05, 0) is 45.7 Å². The molecule has 1 atom stereocenters. The van der Waals surface area contributed by atoms with Crippen LogP contribution in [0, 0.1) is 13.8 Å². The lowest BCUT2D eigenvalue weighted by atomic mass is 10.1. The van der Waals surface area contributed by atoms with Crippen LogP contribution in [0.1, 0.15) is 41.5 Å². The molecule has 3 aromatic heterocycles. The standard InChI is InChI=1S/C23H27N3O5S2/c1-4-29-22(28)20-17(18-8-6-10-31-18)12-32-21(20)25-19(27)13-33-23-24-14(2)15(3)26(23)11-16-7-5-9-30-16/h6,8,10,12,16H,4-5,7,9,11,13H2,1-3H3,(H,25,27)/t16-/m0/s1. The summed E-state index contributed by atoms with van der Waals surface area (Å²) in [6.07, 6.45) is 3.84. The summed E-state index contributed by atoms with van der Waals surface area (Å²) in [7, 11) is 0. The number of esters is 1. The number of ether oxygens (including phenoxy) is 2. The van der Waals surface area contributed by atoms with E-state index in [1.807, 2.05) is 13.8 Å². The second-order valence-corrected chi connectivity index (χ2v) is 9.52. The summed E-state index contributed by atoms with van der Waals surface area (Å²) < 4.78 is 18.6. The van der Waals surface area contributed by atoms with Crippen molar-refractivity contribution in [1.82, 2.24) is 9.55 Å². The number of aryl methyl sites for hydroxylation is 1. The molecule has 0 unspecified atom stereocenters. The van der Waals surface area contributed by atoms with Gasteiger partial charge < -0.3 is 23.8 Å². The van der Waals surface area contributed by atoms with Crippen LogP contribution in [0.5, 0.6) is 0 Å². The van der Waals surface area contributed by atoms with Crippen molar-refractivity contribution in [3.8, 4) is 11.3 Å². The van der Waals surface area contributed by atoms with Gasteiger partial charge in [0.05, 0.1) is 37.0 Å². The molecule has 0 radical (unpaired) electrons. The first kappa shape index (κ1) is 23.6. The number of anilines is 1. The lowest BCUT2D eigenvalue weighted by molar-refractivity contribution is -0.113. The van der Waals surface area contributed by atoms with Crippen molar-refractivity contribution in [2.75, 3.05) is 24.3 Å². The molecule has 0 aromatic carbocycles. The molecule has 1 amide bonds. The molecule has 0 aliphatic carbocycles. The molecule has 176 valence electrons. The first-order valence-corrected chi connectivity index (χ1v) is 12.7. The predicted octanol–water partition coefficient (Wildman–Crippen LogP) is 4.91. The van der Waals surface area contributed by atoms with E-state index in [-0.39, 0.29) is 24.4 Å². The molecule has 1 aliphatic rings. The highest BCUT2D eigenvalue weighted by atomic mass is 32.2. The molecule has 33 heavy (non-hydrogen) atoms. The van der Waals surface area contributed by atoms with E-state index in [9.17, 15) is 9.59 Å². The second kappa shape index (κ2) is 10.6. The lowest BCUT2D eigenvalue weighted by Crippen LogP contribution is -2.18. The number of carbonyl (C=O) groups is 2. The summed E-state index contributed by atoms with van der Waals surface area (Å²) in [5.74, 6) is -0.00406. The Bertz CT molecular complexity index is 1110. The second-order valence-electron chi connectivity index (χ2n) is 7.70. The van der Waals surface area contributed by atoms with Crippen LogP contribution in [0.3, 0.4) is 0 Å². The van der Waals surface area contributed by atoms with Gasteiger partial charge in [-0.25, -0.2) is 9.78 Å². The van der Waals surface area contributed by atoms with Crippen LogP contribution < -0.4 is 5.32 Å². The van der Waals surface area contributed by atoms with Crippen LogP contribution in [-0.4, -0.2) is 46.5 Å². The van der Waals surface area contributed by atoms with E-state index < -0.39 is 5.97 Å². The maximum atomic E-state index is 12.8. The smallest absolute Gasteiger partial charge is 0.341 e. The number of carbonyl (C=O) groups excluding carboxylic acids is 2. The summed E-state index contributed by atoms with van der Waals surface area (Å²) in [6.45, 7) is 7.52. The average molecular weight is 490 g/mol. The number of rotatable bonds is 9. The maximum Gasteiger partial charge on any atom is 0.341 e. The van der Waals surface area contributed by atoms with Gasteiger partial charge >= 0.3 is 5.97 Å². The third kappa shape index (κ3) is 5.34. The highest BCUT2D eigenvalue weighted by molar-refractivity contribution is 7.99. The van der Waals surface area contributed by atoms with Gasteiger partial charge in [0, 0.05) is 23.2 Å². The summed E-state index contributed by atoms with van der Waals surface area (Å²) >= 11 is 2.65. The molecule has 0 saturated carbocycles. The quantitative estimate of drug-likeness (QED) is 0.337. The third-order valence-corrected chi connectivity index (χ3v) is 7.35. The number of nitrogens with one attached hydrogen (secondary N) is 1. The van der Waals surface area contributed by atoms with Crippen LogP contribution in [0.2, 0.25) is 0 Å². The lowest BCUT2D eigenvalue weighted by Gasteiger charge is -2.14. The summed E-state index contributed by atoms with van der Waals surface area (Å²) in [5.41, 5.74) is 2.94. The number of thiophene rings is 1. The molecule has 1 fully saturated rings. The topological polar surface area (TPSA) is 95.6 Å². The first-order valence-electron chi connectivity index (χ1n) is 10.9. The zero-order valence-corrected chi connectivity index (χ0v) is 20.5. The fourth-order valence-electron chi connectivity index (χ4n) is 3.70. The Balaban J connectivity index is 1.47. The molecule has 4 heterocycles. The number of imidazole rings is 1. The van der Waals surface area contributed by atoms with E-state index in [0.29, 0.717) is 21.9 Å². The van der Waals surface area contributed by atoms with Crippen molar-refractivity contribution in [2.24, 2.45) is 0 Å². The van der Waals surface area contributed by atoms with Crippen molar-refractivity contribution in [2.45, 2.75) is 51.4 Å². The van der Waals surface area contributed by atoms with Crippen molar-refractivity contribution in [3.05, 3.63) is 40.7 Å². The van der Waals surface area contributed by atoms with Gasteiger partial charge in [0.25, 0.3) is 0 Å². The van der Waals surface area contributed by atoms with Crippen LogP contribution in [0.4, 0.5) is 5.00 Å². The molecule has 3 aromatic rings. The van der Waals surface area contributed by atoms with Crippen LogP contribution in [0.25, 0.3) is 11.3 Å². The predicted molar refractivity (Wildman–Crippen MR) is 128 cm³/mol. The molecule has 4 rings (SSSR count). The van der Waals surface area contributed by atoms with Gasteiger partial charge in [-0.3, -0.25) is 4.79 Å². The average Bonchev–Trinajstić information content (AvgIpc) is 3.58. The molecule has 8 nitrogen and oxygen atoms in total. The highest BCUT2D eigenvalue weighted by Crippen LogP contribution is 2.36. The first-order chi connectivity index (χ1) is 16.0. The number of hydrogen-bond donors (Lipinski definition) is 1. The van der Waals surface area contributed by atoms with Crippen molar-refractivity contribution in [1.29, 1.82) is 0 Å².